The molecule has 1 atom stereocenters. The largest absolute Gasteiger partial charge is 0.444 e. The lowest BCUT2D eigenvalue weighted by atomic mass is 10.1. The molecular formula is C14H15NO3. The van der Waals surface area contributed by atoms with Crippen LogP contribution in [0.5, 0.6) is 0 Å². The van der Waals surface area contributed by atoms with Crippen LogP contribution in [0, 0.1) is 0 Å². The van der Waals surface area contributed by atoms with E-state index in [4.69, 9.17) is 4.74 Å². The van der Waals surface area contributed by atoms with Crippen molar-refractivity contribution in [3.63, 3.8) is 0 Å². The zero-order valence-corrected chi connectivity index (χ0v) is 9.96. The third-order valence-corrected chi connectivity index (χ3v) is 2.16. The monoisotopic (exact) mass is 245 g/mol. The maximum Gasteiger partial charge on any atom is 0.331 e. The predicted molar refractivity (Wildman–Crippen MR) is 68.7 cm³/mol. The summed E-state index contributed by atoms with van der Waals surface area (Å²) in [4.78, 5) is 23.1. The molecule has 1 unspecified atom stereocenters. The molecule has 4 heteroatoms. The summed E-state index contributed by atoms with van der Waals surface area (Å²) >= 11 is 0. The van der Waals surface area contributed by atoms with Gasteiger partial charge in [0, 0.05) is 18.2 Å². The summed E-state index contributed by atoms with van der Waals surface area (Å²) in [5.41, 5.74) is 0.606. The normalized spacial score (nSPS) is 11.1. The van der Waals surface area contributed by atoms with Crippen LogP contribution in [0.1, 0.15) is 11.7 Å². The third kappa shape index (κ3) is 3.90. The van der Waals surface area contributed by atoms with Crippen molar-refractivity contribution < 1.29 is 14.3 Å². The average molecular weight is 245 g/mol. The Labute approximate surface area is 106 Å². The summed E-state index contributed by atoms with van der Waals surface area (Å²) in [5.74, 6) is -1.03. The number of ether oxygens (including phenoxy) is 1. The van der Waals surface area contributed by atoms with Crippen LogP contribution in [-0.2, 0) is 14.3 Å². The lowest BCUT2D eigenvalue weighted by Crippen LogP contribution is -2.31. The molecule has 0 aliphatic carbocycles. The number of hydrogen-bond acceptors (Lipinski definition) is 3. The Bertz CT molecular complexity index is 440. The van der Waals surface area contributed by atoms with E-state index in [2.05, 4.69) is 18.5 Å². The number of esters is 1. The highest BCUT2D eigenvalue weighted by atomic mass is 16.5. The van der Waals surface area contributed by atoms with Gasteiger partial charge in [-0.1, -0.05) is 43.0 Å². The molecule has 1 amide bonds. The summed E-state index contributed by atoms with van der Waals surface area (Å²) in [5, 5.41) is 2.59. The first-order chi connectivity index (χ1) is 8.69. The van der Waals surface area contributed by atoms with Crippen LogP contribution in [0.4, 0.5) is 0 Å². The predicted octanol–water partition coefficient (Wildman–Crippen LogP) is 1.76. The van der Waals surface area contributed by atoms with E-state index in [0.717, 1.165) is 6.08 Å². The molecule has 0 saturated heterocycles. The number of hydrogen-bond donors (Lipinski definition) is 1. The number of amides is 1. The molecule has 1 rings (SSSR count). The Kier molecular flexibility index (Phi) is 5.38. The summed E-state index contributed by atoms with van der Waals surface area (Å²) in [7, 11) is 0. The molecule has 4 nitrogen and oxygen atoms in total. The van der Waals surface area contributed by atoms with Crippen molar-refractivity contribution in [1.82, 2.24) is 5.32 Å². The second kappa shape index (κ2) is 7.06. The molecule has 1 aromatic rings. The van der Waals surface area contributed by atoms with Crippen molar-refractivity contribution in [3.8, 4) is 0 Å². The van der Waals surface area contributed by atoms with Crippen molar-refractivity contribution in [2.24, 2.45) is 0 Å². The van der Waals surface area contributed by atoms with Gasteiger partial charge in [0.15, 0.2) is 0 Å². The molecule has 0 radical (unpaired) electrons. The van der Waals surface area contributed by atoms with Crippen LogP contribution in [0.2, 0.25) is 0 Å². The Hall–Kier alpha value is -2.36. The smallest absolute Gasteiger partial charge is 0.331 e. The van der Waals surface area contributed by atoms with Gasteiger partial charge < -0.3 is 10.1 Å². The molecule has 0 fully saturated rings. The molecule has 0 aliphatic heterocycles. The first-order valence-electron chi connectivity index (χ1n) is 5.45. The molecule has 0 aliphatic rings. The van der Waals surface area contributed by atoms with Gasteiger partial charge in [0.1, 0.15) is 0 Å². The molecule has 94 valence electrons. The first-order valence-corrected chi connectivity index (χ1v) is 5.45. The summed E-state index contributed by atoms with van der Waals surface area (Å²) in [6.45, 7) is 7.12. The van der Waals surface area contributed by atoms with Crippen LogP contribution in [0.3, 0.4) is 0 Å². The third-order valence-electron chi connectivity index (χ3n) is 2.16. The number of benzene rings is 1. The molecule has 1 N–H and O–H groups in total. The van der Waals surface area contributed by atoms with Crippen LogP contribution in [0.15, 0.2) is 55.6 Å². The van der Waals surface area contributed by atoms with Crippen LogP contribution < -0.4 is 5.32 Å². The van der Waals surface area contributed by atoms with E-state index >= 15 is 0 Å². The molecule has 0 heterocycles. The van der Waals surface area contributed by atoms with E-state index in [1.165, 1.54) is 0 Å². The van der Waals surface area contributed by atoms with Crippen molar-refractivity contribution in [2.75, 3.05) is 6.54 Å². The Balaban J connectivity index is 2.87. The number of nitrogens with one attached hydrogen (secondary N) is 1. The number of carbonyl (C=O) groups excluding carboxylic acids is 2. The van der Waals surface area contributed by atoms with E-state index in [1.54, 1.807) is 30.3 Å². The van der Waals surface area contributed by atoms with Crippen molar-refractivity contribution >= 4 is 11.9 Å². The first kappa shape index (κ1) is 13.7. The van der Waals surface area contributed by atoms with Crippen LogP contribution >= 0.6 is 0 Å². The molecule has 18 heavy (non-hydrogen) atoms. The van der Waals surface area contributed by atoms with Gasteiger partial charge in [-0.2, -0.15) is 0 Å². The van der Waals surface area contributed by atoms with Gasteiger partial charge in [0.05, 0.1) is 0 Å². The topological polar surface area (TPSA) is 55.4 Å². The van der Waals surface area contributed by atoms with Crippen molar-refractivity contribution in [1.29, 1.82) is 0 Å². The fraction of sp³-hybridized carbons (Fsp3) is 0.143. The second-order valence-corrected chi connectivity index (χ2v) is 3.47. The van der Waals surface area contributed by atoms with E-state index in [-0.39, 0.29) is 0 Å². The SMILES string of the molecule is C=CCNC(=O)C(OC(=O)C=C)c1ccccc1. The fourth-order valence-corrected chi connectivity index (χ4v) is 1.33. The van der Waals surface area contributed by atoms with Gasteiger partial charge in [0.2, 0.25) is 6.10 Å². The Morgan fingerprint density at radius 1 is 1.28 bits per heavy atom. The quantitative estimate of drug-likeness (QED) is 0.472. The van der Waals surface area contributed by atoms with Crippen LogP contribution in [-0.4, -0.2) is 18.4 Å². The number of rotatable bonds is 6. The van der Waals surface area contributed by atoms with E-state index in [9.17, 15) is 9.59 Å². The highest BCUT2D eigenvalue weighted by Gasteiger charge is 2.23. The van der Waals surface area contributed by atoms with Gasteiger partial charge in [-0.15, -0.1) is 6.58 Å². The summed E-state index contributed by atoms with van der Waals surface area (Å²) in [6.07, 6.45) is 1.60. The maximum absolute atomic E-state index is 11.9. The van der Waals surface area contributed by atoms with Gasteiger partial charge in [-0.05, 0) is 0 Å². The highest BCUT2D eigenvalue weighted by Crippen LogP contribution is 2.17. The molecule has 0 aromatic heterocycles. The molecule has 0 bridgehead atoms. The summed E-state index contributed by atoms with van der Waals surface area (Å²) < 4.78 is 5.04. The van der Waals surface area contributed by atoms with E-state index in [0.29, 0.717) is 12.1 Å². The fourth-order valence-electron chi connectivity index (χ4n) is 1.33. The van der Waals surface area contributed by atoms with Crippen LogP contribution in [0.25, 0.3) is 0 Å². The van der Waals surface area contributed by atoms with Crippen molar-refractivity contribution in [2.45, 2.75) is 6.10 Å². The van der Waals surface area contributed by atoms with Gasteiger partial charge >= 0.3 is 5.97 Å². The lowest BCUT2D eigenvalue weighted by Gasteiger charge is -2.16. The Morgan fingerprint density at radius 2 is 1.94 bits per heavy atom. The minimum atomic E-state index is -0.975. The molecular weight excluding hydrogens is 230 g/mol. The maximum atomic E-state index is 11.9. The second-order valence-electron chi connectivity index (χ2n) is 3.47. The van der Waals surface area contributed by atoms with E-state index in [1.807, 2.05) is 6.07 Å². The average Bonchev–Trinajstić information content (AvgIpc) is 2.42. The lowest BCUT2D eigenvalue weighted by molar-refractivity contribution is -0.151. The zero-order valence-electron chi connectivity index (χ0n) is 9.96. The molecule has 1 aromatic carbocycles. The molecule has 0 saturated carbocycles. The standard InChI is InChI=1S/C14H15NO3/c1-3-10-15-14(17)13(18-12(16)4-2)11-8-6-5-7-9-11/h3-9,13H,1-2,10H2,(H,15,17). The summed E-state index contributed by atoms with van der Waals surface area (Å²) in [6, 6.07) is 8.79. The minimum absolute atomic E-state index is 0.313. The van der Waals surface area contributed by atoms with Gasteiger partial charge in [-0.25, -0.2) is 4.79 Å². The van der Waals surface area contributed by atoms with Gasteiger partial charge in [0.25, 0.3) is 5.91 Å². The highest BCUT2D eigenvalue weighted by molar-refractivity contribution is 5.88. The Morgan fingerprint density at radius 3 is 2.50 bits per heavy atom. The van der Waals surface area contributed by atoms with Crippen molar-refractivity contribution in [3.05, 3.63) is 61.2 Å². The minimum Gasteiger partial charge on any atom is -0.444 e. The zero-order chi connectivity index (χ0) is 13.4. The number of carbonyl (C=O) groups is 2. The molecule has 0 spiro atoms. The van der Waals surface area contributed by atoms with E-state index < -0.39 is 18.0 Å². The van der Waals surface area contributed by atoms with Gasteiger partial charge in [-0.3, -0.25) is 4.79 Å².